The number of nitrogens with one attached hydrogen (secondary N) is 1. The summed E-state index contributed by atoms with van der Waals surface area (Å²) in [5.74, 6) is 0.453. The number of rotatable bonds is 7. The summed E-state index contributed by atoms with van der Waals surface area (Å²) in [6, 6.07) is 5.78. The van der Waals surface area contributed by atoms with Crippen LogP contribution in [-0.2, 0) is 9.84 Å². The highest BCUT2D eigenvalue weighted by molar-refractivity contribution is 9.10. The quantitative estimate of drug-likeness (QED) is 0.800. The zero-order valence-corrected chi connectivity index (χ0v) is 14.3. The molecule has 0 heterocycles. The summed E-state index contributed by atoms with van der Waals surface area (Å²) in [7, 11) is -1.01. The minimum absolute atomic E-state index is 0.124. The Morgan fingerprint density at radius 3 is 2.63 bits per heavy atom. The van der Waals surface area contributed by atoms with E-state index >= 15 is 0 Å². The van der Waals surface area contributed by atoms with E-state index in [1.165, 1.54) is 0 Å². The Labute approximate surface area is 128 Å². The molecule has 1 aromatic carbocycles. The molecule has 0 bridgehead atoms. The third-order valence-corrected chi connectivity index (χ3v) is 5.79. The van der Waals surface area contributed by atoms with Crippen LogP contribution in [-0.4, -0.2) is 27.0 Å². The highest BCUT2D eigenvalue weighted by Crippen LogP contribution is 2.29. The third kappa shape index (κ3) is 5.42. The van der Waals surface area contributed by atoms with E-state index < -0.39 is 9.84 Å². The molecule has 1 unspecified atom stereocenters. The maximum atomic E-state index is 11.5. The summed E-state index contributed by atoms with van der Waals surface area (Å²) in [6.45, 7) is 1.68. The Balaban J connectivity index is 2.68. The van der Waals surface area contributed by atoms with Gasteiger partial charge in [-0.15, -0.1) is 0 Å². The molecule has 108 valence electrons. The lowest BCUT2D eigenvalue weighted by Gasteiger charge is -2.18. The third-order valence-electron chi connectivity index (χ3n) is 3.07. The lowest BCUT2D eigenvalue weighted by Crippen LogP contribution is -2.18. The number of hydrogen-bond donors (Lipinski definition) is 1. The first-order valence-electron chi connectivity index (χ1n) is 6.22. The Bertz CT molecular complexity index is 519. The smallest absolute Gasteiger partial charge is 0.150 e. The molecule has 0 aromatic heterocycles. The van der Waals surface area contributed by atoms with Crippen molar-refractivity contribution in [3.63, 3.8) is 0 Å². The molecular formula is C13H19BrClNO2S. The van der Waals surface area contributed by atoms with E-state index in [4.69, 9.17) is 11.6 Å². The van der Waals surface area contributed by atoms with E-state index in [1.54, 1.807) is 6.92 Å². The van der Waals surface area contributed by atoms with Crippen molar-refractivity contribution in [1.82, 2.24) is 5.32 Å². The first-order chi connectivity index (χ1) is 8.89. The summed E-state index contributed by atoms with van der Waals surface area (Å²) in [5, 5.41) is 3.89. The molecule has 1 atom stereocenters. The second-order valence-electron chi connectivity index (χ2n) is 4.39. The average molecular weight is 369 g/mol. The maximum absolute atomic E-state index is 11.5. The number of benzene rings is 1. The van der Waals surface area contributed by atoms with Crippen LogP contribution in [0.25, 0.3) is 0 Å². The van der Waals surface area contributed by atoms with E-state index in [-0.39, 0.29) is 17.5 Å². The van der Waals surface area contributed by atoms with Gasteiger partial charge < -0.3 is 5.32 Å². The van der Waals surface area contributed by atoms with Gasteiger partial charge in [0, 0.05) is 21.3 Å². The molecule has 0 spiro atoms. The zero-order valence-electron chi connectivity index (χ0n) is 11.1. The van der Waals surface area contributed by atoms with Crippen LogP contribution in [0.2, 0.25) is 5.02 Å². The fraction of sp³-hybridized carbons (Fsp3) is 0.538. The molecule has 1 rings (SSSR count). The molecule has 0 aliphatic rings. The van der Waals surface area contributed by atoms with E-state index in [0.717, 1.165) is 16.5 Å². The Morgan fingerprint density at radius 1 is 1.42 bits per heavy atom. The molecular weight excluding hydrogens is 350 g/mol. The van der Waals surface area contributed by atoms with Crippen molar-refractivity contribution >= 4 is 37.4 Å². The van der Waals surface area contributed by atoms with Crippen LogP contribution in [0.4, 0.5) is 0 Å². The van der Waals surface area contributed by atoms with Crippen LogP contribution in [0, 0.1) is 0 Å². The Morgan fingerprint density at radius 2 is 2.11 bits per heavy atom. The summed E-state index contributed by atoms with van der Waals surface area (Å²) >= 11 is 9.41. The number of halogens is 2. The van der Waals surface area contributed by atoms with Gasteiger partial charge in [0.05, 0.1) is 5.75 Å². The van der Waals surface area contributed by atoms with Gasteiger partial charge in [-0.2, -0.15) is 0 Å². The number of hydrogen-bond acceptors (Lipinski definition) is 3. The second kappa shape index (κ2) is 7.62. The van der Waals surface area contributed by atoms with Crippen LogP contribution >= 0.6 is 27.5 Å². The van der Waals surface area contributed by atoms with Gasteiger partial charge in [0.25, 0.3) is 0 Å². The second-order valence-corrected chi connectivity index (χ2v) is 8.15. The first-order valence-corrected chi connectivity index (χ1v) is 9.21. The van der Waals surface area contributed by atoms with Crippen LogP contribution in [0.3, 0.4) is 0 Å². The SMILES string of the molecule is CCS(=O)(=O)CCCC(NC)c1ccc(Cl)cc1Br. The average Bonchev–Trinajstić information content (AvgIpc) is 2.36. The molecule has 0 aliphatic carbocycles. The van der Waals surface area contributed by atoms with E-state index in [9.17, 15) is 8.42 Å². The van der Waals surface area contributed by atoms with Crippen molar-refractivity contribution in [3.8, 4) is 0 Å². The van der Waals surface area contributed by atoms with Crippen LogP contribution in [0.15, 0.2) is 22.7 Å². The standard InChI is InChI=1S/C13H19BrClNO2S/c1-3-19(17,18)8-4-5-13(16-2)11-7-6-10(15)9-12(11)14/h6-7,9,13,16H,3-5,8H2,1-2H3. The van der Waals surface area contributed by atoms with E-state index in [0.29, 0.717) is 11.4 Å². The van der Waals surface area contributed by atoms with Crippen molar-refractivity contribution in [2.45, 2.75) is 25.8 Å². The molecule has 0 aliphatic heterocycles. The summed E-state index contributed by atoms with van der Waals surface area (Å²) in [5.41, 5.74) is 1.10. The lowest BCUT2D eigenvalue weighted by molar-refractivity contribution is 0.534. The molecule has 6 heteroatoms. The van der Waals surface area contributed by atoms with Crippen molar-refractivity contribution in [1.29, 1.82) is 0 Å². The molecule has 1 aromatic rings. The number of sulfone groups is 1. The molecule has 0 saturated heterocycles. The topological polar surface area (TPSA) is 46.2 Å². The van der Waals surface area contributed by atoms with E-state index in [1.807, 2.05) is 25.2 Å². The molecule has 3 nitrogen and oxygen atoms in total. The maximum Gasteiger partial charge on any atom is 0.150 e. The molecule has 0 radical (unpaired) electrons. The van der Waals surface area contributed by atoms with Gasteiger partial charge in [-0.25, -0.2) is 8.42 Å². The fourth-order valence-corrected chi connectivity index (χ4v) is 3.75. The van der Waals surface area contributed by atoms with Crippen LogP contribution in [0.1, 0.15) is 31.4 Å². The molecule has 19 heavy (non-hydrogen) atoms. The van der Waals surface area contributed by atoms with E-state index in [2.05, 4.69) is 21.2 Å². The summed E-state index contributed by atoms with van der Waals surface area (Å²) in [4.78, 5) is 0. The largest absolute Gasteiger partial charge is 0.313 e. The van der Waals surface area contributed by atoms with Crippen molar-refractivity contribution in [2.75, 3.05) is 18.6 Å². The molecule has 1 N–H and O–H groups in total. The van der Waals surface area contributed by atoms with Crippen molar-refractivity contribution < 1.29 is 8.42 Å². The minimum Gasteiger partial charge on any atom is -0.313 e. The van der Waals surface area contributed by atoms with Crippen LogP contribution < -0.4 is 5.32 Å². The normalized spacial score (nSPS) is 13.5. The van der Waals surface area contributed by atoms with Crippen LogP contribution in [0.5, 0.6) is 0 Å². The lowest BCUT2D eigenvalue weighted by atomic mass is 10.0. The fourth-order valence-electron chi connectivity index (χ4n) is 1.89. The predicted molar refractivity (Wildman–Crippen MR) is 84.5 cm³/mol. The molecule has 0 saturated carbocycles. The summed E-state index contributed by atoms with van der Waals surface area (Å²) in [6.07, 6.45) is 1.42. The zero-order chi connectivity index (χ0) is 14.5. The highest BCUT2D eigenvalue weighted by Gasteiger charge is 2.14. The minimum atomic E-state index is -2.88. The summed E-state index contributed by atoms with van der Waals surface area (Å²) < 4.78 is 23.9. The van der Waals surface area contributed by atoms with Gasteiger partial charge in [-0.1, -0.05) is 40.5 Å². The van der Waals surface area contributed by atoms with Crippen molar-refractivity contribution in [2.24, 2.45) is 0 Å². The van der Waals surface area contributed by atoms with Gasteiger partial charge in [-0.3, -0.25) is 0 Å². The predicted octanol–water partition coefficient (Wildman–Crippen LogP) is 3.58. The highest BCUT2D eigenvalue weighted by atomic mass is 79.9. The molecule has 0 fully saturated rings. The monoisotopic (exact) mass is 367 g/mol. The van der Waals surface area contributed by atoms with Crippen molar-refractivity contribution in [3.05, 3.63) is 33.3 Å². The van der Waals surface area contributed by atoms with Gasteiger partial charge >= 0.3 is 0 Å². The van der Waals surface area contributed by atoms with Gasteiger partial charge in [0.15, 0.2) is 0 Å². The van der Waals surface area contributed by atoms with Gasteiger partial charge in [0.2, 0.25) is 0 Å². The first kappa shape index (κ1) is 17.0. The molecule has 0 amide bonds. The van der Waals surface area contributed by atoms with Gasteiger partial charge in [-0.05, 0) is 37.6 Å². The Kier molecular flexibility index (Phi) is 6.80. The Hall–Kier alpha value is -0.100. The van der Waals surface area contributed by atoms with Gasteiger partial charge in [0.1, 0.15) is 9.84 Å².